The first kappa shape index (κ1) is 12.3. The van der Waals surface area contributed by atoms with Crippen molar-refractivity contribution in [1.82, 2.24) is 20.1 Å². The van der Waals surface area contributed by atoms with Gasteiger partial charge in [-0.3, -0.25) is 9.48 Å². The van der Waals surface area contributed by atoms with Crippen LogP contribution in [0.1, 0.15) is 30.9 Å². The van der Waals surface area contributed by atoms with Crippen LogP contribution in [0.25, 0.3) is 0 Å². The van der Waals surface area contributed by atoms with Crippen molar-refractivity contribution in [3.8, 4) is 0 Å². The van der Waals surface area contributed by atoms with Crippen LogP contribution in [0.4, 0.5) is 0 Å². The maximum atomic E-state index is 11.7. The zero-order valence-corrected chi connectivity index (χ0v) is 10.5. The van der Waals surface area contributed by atoms with Gasteiger partial charge in [-0.05, 0) is 26.0 Å². The van der Waals surface area contributed by atoms with Gasteiger partial charge in [0.25, 0.3) is 0 Å². The second-order valence-corrected chi connectivity index (χ2v) is 4.15. The molecule has 0 bridgehead atoms. The highest BCUT2D eigenvalue weighted by atomic mass is 16.3. The van der Waals surface area contributed by atoms with Gasteiger partial charge in [-0.25, -0.2) is 4.98 Å². The summed E-state index contributed by atoms with van der Waals surface area (Å²) in [7, 11) is 0. The van der Waals surface area contributed by atoms with Crippen molar-refractivity contribution in [2.24, 2.45) is 0 Å². The summed E-state index contributed by atoms with van der Waals surface area (Å²) in [6.07, 6.45) is 3.41. The van der Waals surface area contributed by atoms with E-state index in [2.05, 4.69) is 15.4 Å². The van der Waals surface area contributed by atoms with Gasteiger partial charge in [0.05, 0.1) is 12.6 Å². The number of furan rings is 1. The van der Waals surface area contributed by atoms with E-state index >= 15 is 0 Å². The summed E-state index contributed by atoms with van der Waals surface area (Å²) in [4.78, 5) is 15.5. The van der Waals surface area contributed by atoms with Crippen molar-refractivity contribution in [3.63, 3.8) is 0 Å². The fraction of sp³-hybridized carbons (Fsp3) is 0.417. The molecule has 2 aromatic rings. The number of aromatic nitrogens is 3. The lowest BCUT2D eigenvalue weighted by atomic mass is 10.2. The van der Waals surface area contributed by atoms with Crippen LogP contribution in [-0.4, -0.2) is 20.7 Å². The van der Waals surface area contributed by atoms with E-state index in [1.54, 1.807) is 11.0 Å². The third-order valence-electron chi connectivity index (χ3n) is 2.60. The van der Waals surface area contributed by atoms with Gasteiger partial charge in [-0.15, -0.1) is 0 Å². The zero-order valence-electron chi connectivity index (χ0n) is 10.5. The Hall–Kier alpha value is -2.11. The first-order chi connectivity index (χ1) is 8.65. The number of hydrogen-bond acceptors (Lipinski definition) is 4. The summed E-state index contributed by atoms with van der Waals surface area (Å²) in [5.74, 6) is 1.57. The SMILES string of the molecule is Cc1ccc([C@H](C)NC(=O)CCn2cncn2)o1. The Morgan fingerprint density at radius 1 is 1.56 bits per heavy atom. The average molecular weight is 248 g/mol. The molecular formula is C12H16N4O2. The highest BCUT2D eigenvalue weighted by molar-refractivity contribution is 5.76. The van der Waals surface area contributed by atoms with Crippen LogP contribution < -0.4 is 5.32 Å². The van der Waals surface area contributed by atoms with Gasteiger partial charge >= 0.3 is 0 Å². The first-order valence-corrected chi connectivity index (χ1v) is 5.83. The predicted molar refractivity (Wildman–Crippen MR) is 64.6 cm³/mol. The number of hydrogen-bond donors (Lipinski definition) is 1. The zero-order chi connectivity index (χ0) is 13.0. The van der Waals surface area contributed by atoms with E-state index < -0.39 is 0 Å². The van der Waals surface area contributed by atoms with Gasteiger partial charge in [0.2, 0.25) is 5.91 Å². The van der Waals surface area contributed by atoms with E-state index in [4.69, 9.17) is 4.42 Å². The molecule has 1 N–H and O–H groups in total. The van der Waals surface area contributed by atoms with E-state index in [0.717, 1.165) is 11.5 Å². The number of carbonyl (C=O) groups excluding carboxylic acids is 1. The van der Waals surface area contributed by atoms with Gasteiger partial charge in [0, 0.05) is 6.42 Å². The minimum absolute atomic E-state index is 0.0351. The highest BCUT2D eigenvalue weighted by Crippen LogP contribution is 2.15. The Morgan fingerprint density at radius 2 is 2.39 bits per heavy atom. The quantitative estimate of drug-likeness (QED) is 0.869. The molecular weight excluding hydrogens is 232 g/mol. The lowest BCUT2D eigenvalue weighted by molar-refractivity contribution is -0.122. The molecule has 18 heavy (non-hydrogen) atoms. The normalized spacial score (nSPS) is 12.3. The summed E-state index contributed by atoms with van der Waals surface area (Å²) in [6.45, 7) is 4.30. The van der Waals surface area contributed by atoms with Gasteiger partial charge in [0.1, 0.15) is 24.2 Å². The van der Waals surface area contributed by atoms with Gasteiger partial charge in [0.15, 0.2) is 0 Å². The molecule has 6 nitrogen and oxygen atoms in total. The van der Waals surface area contributed by atoms with E-state index in [-0.39, 0.29) is 11.9 Å². The Bertz CT molecular complexity index is 504. The van der Waals surface area contributed by atoms with Crippen LogP contribution in [0.3, 0.4) is 0 Å². The Labute approximate surface area is 105 Å². The molecule has 96 valence electrons. The van der Waals surface area contributed by atoms with Crippen molar-refractivity contribution in [3.05, 3.63) is 36.3 Å². The van der Waals surface area contributed by atoms with Crippen LogP contribution >= 0.6 is 0 Å². The number of aryl methyl sites for hydroxylation is 2. The lowest BCUT2D eigenvalue weighted by Crippen LogP contribution is -2.27. The molecule has 1 amide bonds. The minimum Gasteiger partial charge on any atom is -0.464 e. The molecule has 0 aliphatic heterocycles. The molecule has 0 spiro atoms. The van der Waals surface area contributed by atoms with Crippen molar-refractivity contribution < 1.29 is 9.21 Å². The van der Waals surface area contributed by atoms with E-state index in [0.29, 0.717) is 13.0 Å². The second kappa shape index (κ2) is 5.48. The Balaban J connectivity index is 1.80. The average Bonchev–Trinajstić information content (AvgIpc) is 2.97. The third kappa shape index (κ3) is 3.19. The smallest absolute Gasteiger partial charge is 0.222 e. The highest BCUT2D eigenvalue weighted by Gasteiger charge is 2.12. The monoisotopic (exact) mass is 248 g/mol. The van der Waals surface area contributed by atoms with E-state index in [1.807, 2.05) is 26.0 Å². The van der Waals surface area contributed by atoms with Crippen LogP contribution in [0, 0.1) is 6.92 Å². The summed E-state index contributed by atoms with van der Waals surface area (Å²) < 4.78 is 7.08. The van der Waals surface area contributed by atoms with Crippen molar-refractivity contribution in [2.45, 2.75) is 32.9 Å². The second-order valence-electron chi connectivity index (χ2n) is 4.15. The molecule has 0 unspecified atom stereocenters. The predicted octanol–water partition coefficient (Wildman–Crippen LogP) is 1.45. The van der Waals surface area contributed by atoms with Crippen LogP contribution in [0.5, 0.6) is 0 Å². The largest absolute Gasteiger partial charge is 0.464 e. The number of carbonyl (C=O) groups is 1. The first-order valence-electron chi connectivity index (χ1n) is 5.83. The molecule has 0 saturated heterocycles. The van der Waals surface area contributed by atoms with Crippen LogP contribution in [0.2, 0.25) is 0 Å². The Kier molecular flexibility index (Phi) is 3.76. The van der Waals surface area contributed by atoms with Crippen LogP contribution in [0.15, 0.2) is 29.2 Å². The molecule has 2 heterocycles. The summed E-state index contributed by atoms with van der Waals surface area (Å²) >= 11 is 0. The molecule has 0 aliphatic rings. The summed E-state index contributed by atoms with van der Waals surface area (Å²) in [6, 6.07) is 3.63. The molecule has 0 aromatic carbocycles. The number of nitrogens with one attached hydrogen (secondary N) is 1. The number of amides is 1. The fourth-order valence-electron chi connectivity index (χ4n) is 1.64. The van der Waals surface area contributed by atoms with Gasteiger partial charge in [-0.2, -0.15) is 5.10 Å². The van der Waals surface area contributed by atoms with Gasteiger partial charge < -0.3 is 9.73 Å². The molecule has 6 heteroatoms. The fourth-order valence-corrected chi connectivity index (χ4v) is 1.64. The molecule has 1 atom stereocenters. The number of nitrogens with zero attached hydrogens (tertiary/aromatic N) is 3. The molecule has 0 saturated carbocycles. The van der Waals surface area contributed by atoms with Crippen LogP contribution in [-0.2, 0) is 11.3 Å². The van der Waals surface area contributed by atoms with Crippen molar-refractivity contribution >= 4 is 5.91 Å². The minimum atomic E-state index is -0.123. The van der Waals surface area contributed by atoms with Crippen molar-refractivity contribution in [2.75, 3.05) is 0 Å². The Morgan fingerprint density at radius 3 is 3.00 bits per heavy atom. The van der Waals surface area contributed by atoms with Gasteiger partial charge in [-0.1, -0.05) is 0 Å². The lowest BCUT2D eigenvalue weighted by Gasteiger charge is -2.11. The number of rotatable bonds is 5. The molecule has 0 radical (unpaired) electrons. The maximum absolute atomic E-state index is 11.7. The standard InChI is InChI=1S/C12H16N4O2/c1-9-3-4-11(18-9)10(2)15-12(17)5-6-16-8-13-7-14-16/h3-4,7-8,10H,5-6H2,1-2H3,(H,15,17)/t10-/m0/s1. The third-order valence-corrected chi connectivity index (χ3v) is 2.60. The van der Waals surface area contributed by atoms with E-state index in [9.17, 15) is 4.79 Å². The topological polar surface area (TPSA) is 73.0 Å². The maximum Gasteiger partial charge on any atom is 0.222 e. The molecule has 2 rings (SSSR count). The summed E-state index contributed by atoms with van der Waals surface area (Å²) in [5, 5.41) is 6.81. The molecule has 0 fully saturated rings. The van der Waals surface area contributed by atoms with Crippen molar-refractivity contribution in [1.29, 1.82) is 0 Å². The molecule has 0 aliphatic carbocycles. The van der Waals surface area contributed by atoms with E-state index in [1.165, 1.54) is 6.33 Å². The summed E-state index contributed by atoms with van der Waals surface area (Å²) in [5.41, 5.74) is 0. The molecule has 2 aromatic heterocycles.